The largest absolute Gasteiger partial charge is 0.481 e. The predicted octanol–water partition coefficient (Wildman–Crippen LogP) is 0.564. The van der Waals surface area contributed by atoms with Crippen LogP contribution in [0.1, 0.15) is 11.1 Å². The normalized spacial score (nSPS) is 9.08. The first-order valence-corrected chi connectivity index (χ1v) is 3.37. The number of pyridine rings is 1. The molecule has 1 N–H and O–H groups in total. The molecular formula is C8H8N2O2. The lowest BCUT2D eigenvalue weighted by Gasteiger charge is -2.02. The number of aromatic amines is 1. The zero-order valence-corrected chi connectivity index (χ0v) is 6.84. The smallest absolute Gasteiger partial charge is 0.251 e. The van der Waals surface area contributed by atoms with Crippen molar-refractivity contribution in [2.75, 3.05) is 7.11 Å². The second-order valence-electron chi connectivity index (χ2n) is 2.34. The predicted molar refractivity (Wildman–Crippen MR) is 43.1 cm³/mol. The number of methoxy groups -OCH3 is 1. The molecule has 1 aromatic heterocycles. The fourth-order valence-electron chi connectivity index (χ4n) is 0.950. The number of hydrogen-bond donors (Lipinski definition) is 1. The number of aromatic nitrogens is 1. The highest BCUT2D eigenvalue weighted by molar-refractivity contribution is 5.43. The van der Waals surface area contributed by atoms with Crippen LogP contribution >= 0.6 is 0 Å². The molecule has 0 unspecified atom stereocenters. The highest BCUT2D eigenvalue weighted by Gasteiger charge is 2.06. The highest BCUT2D eigenvalue weighted by atomic mass is 16.5. The Morgan fingerprint density at radius 3 is 2.83 bits per heavy atom. The molecule has 4 nitrogen and oxygen atoms in total. The summed E-state index contributed by atoms with van der Waals surface area (Å²) in [7, 11) is 1.41. The van der Waals surface area contributed by atoms with Gasteiger partial charge >= 0.3 is 0 Å². The van der Waals surface area contributed by atoms with E-state index in [1.165, 1.54) is 13.2 Å². The monoisotopic (exact) mass is 164 g/mol. The van der Waals surface area contributed by atoms with Crippen molar-refractivity contribution in [2.45, 2.75) is 6.92 Å². The Morgan fingerprint density at radius 1 is 1.67 bits per heavy atom. The summed E-state index contributed by atoms with van der Waals surface area (Å²) >= 11 is 0. The van der Waals surface area contributed by atoms with E-state index in [-0.39, 0.29) is 11.4 Å². The molecule has 4 heteroatoms. The van der Waals surface area contributed by atoms with Crippen LogP contribution in [0.25, 0.3) is 0 Å². The van der Waals surface area contributed by atoms with Crippen molar-refractivity contribution in [2.24, 2.45) is 0 Å². The molecule has 1 aromatic rings. The van der Waals surface area contributed by atoms with Crippen LogP contribution < -0.4 is 10.3 Å². The fourth-order valence-corrected chi connectivity index (χ4v) is 0.950. The summed E-state index contributed by atoms with van der Waals surface area (Å²) in [6, 6.07) is 3.31. The van der Waals surface area contributed by atoms with Gasteiger partial charge < -0.3 is 4.74 Å². The molecule has 0 spiro atoms. The summed E-state index contributed by atoms with van der Waals surface area (Å²) in [5.74, 6) is 0.225. The van der Waals surface area contributed by atoms with Crippen molar-refractivity contribution in [3.05, 3.63) is 27.5 Å². The number of rotatable bonds is 1. The minimum absolute atomic E-state index is 0.225. The van der Waals surface area contributed by atoms with E-state index in [2.05, 4.69) is 4.98 Å². The molecule has 0 saturated heterocycles. The van der Waals surface area contributed by atoms with E-state index in [1.54, 1.807) is 6.92 Å². The summed E-state index contributed by atoms with van der Waals surface area (Å²) in [6.07, 6.45) is 0. The lowest BCUT2D eigenvalue weighted by atomic mass is 10.2. The molecule has 12 heavy (non-hydrogen) atoms. The van der Waals surface area contributed by atoms with Crippen LogP contribution in [0.5, 0.6) is 5.88 Å². The summed E-state index contributed by atoms with van der Waals surface area (Å²) in [5.41, 5.74) is 0.735. The van der Waals surface area contributed by atoms with Crippen molar-refractivity contribution in [3.63, 3.8) is 0 Å². The first-order chi connectivity index (χ1) is 5.69. The van der Waals surface area contributed by atoms with Gasteiger partial charge in [0.1, 0.15) is 11.6 Å². The number of nitrogens with one attached hydrogen (secondary N) is 1. The van der Waals surface area contributed by atoms with E-state index in [4.69, 9.17) is 10.00 Å². The van der Waals surface area contributed by atoms with Crippen LogP contribution in [-0.4, -0.2) is 12.1 Å². The third-order valence-electron chi connectivity index (χ3n) is 1.52. The second kappa shape index (κ2) is 3.09. The van der Waals surface area contributed by atoms with Crippen LogP contribution in [-0.2, 0) is 0 Å². The zero-order valence-electron chi connectivity index (χ0n) is 6.84. The lowest BCUT2D eigenvalue weighted by molar-refractivity contribution is 0.395. The van der Waals surface area contributed by atoms with Crippen LogP contribution in [0, 0.1) is 18.3 Å². The van der Waals surface area contributed by atoms with E-state index >= 15 is 0 Å². The molecule has 62 valence electrons. The first kappa shape index (κ1) is 8.34. The molecule has 0 radical (unpaired) electrons. The van der Waals surface area contributed by atoms with Gasteiger partial charge in [-0.15, -0.1) is 0 Å². The minimum atomic E-state index is -0.261. The molecule has 0 aromatic carbocycles. The highest BCUT2D eigenvalue weighted by Crippen LogP contribution is 2.14. The number of aryl methyl sites for hydroxylation is 1. The number of H-pyrrole nitrogens is 1. The molecule has 0 fully saturated rings. The van der Waals surface area contributed by atoms with Gasteiger partial charge in [-0.3, -0.25) is 9.78 Å². The van der Waals surface area contributed by atoms with Crippen LogP contribution in [0.4, 0.5) is 0 Å². The van der Waals surface area contributed by atoms with Gasteiger partial charge in [0.05, 0.1) is 7.11 Å². The molecule has 0 atom stereocenters. The van der Waals surface area contributed by atoms with Crippen molar-refractivity contribution in [1.82, 2.24) is 4.98 Å². The van der Waals surface area contributed by atoms with Gasteiger partial charge in [0, 0.05) is 6.07 Å². The number of nitriles is 1. The molecule has 0 aliphatic carbocycles. The quantitative estimate of drug-likeness (QED) is 0.659. The average Bonchev–Trinajstić information content (AvgIpc) is 2.03. The Balaban J connectivity index is 3.47. The summed E-state index contributed by atoms with van der Waals surface area (Å²) in [6.45, 7) is 1.69. The van der Waals surface area contributed by atoms with Crippen molar-refractivity contribution in [1.29, 1.82) is 5.26 Å². The fraction of sp³-hybridized carbons (Fsp3) is 0.250. The van der Waals surface area contributed by atoms with E-state index in [9.17, 15) is 4.79 Å². The molecular weight excluding hydrogens is 156 g/mol. The summed E-state index contributed by atoms with van der Waals surface area (Å²) < 4.78 is 4.82. The van der Waals surface area contributed by atoms with Gasteiger partial charge in [-0.25, -0.2) is 0 Å². The van der Waals surface area contributed by atoms with Gasteiger partial charge in [-0.1, -0.05) is 0 Å². The maximum Gasteiger partial charge on any atom is 0.251 e. The number of nitrogens with zero attached hydrogens (tertiary/aromatic N) is 1. The average molecular weight is 164 g/mol. The van der Waals surface area contributed by atoms with Crippen molar-refractivity contribution in [3.8, 4) is 11.9 Å². The minimum Gasteiger partial charge on any atom is -0.481 e. The van der Waals surface area contributed by atoms with E-state index in [0.717, 1.165) is 0 Å². The third kappa shape index (κ3) is 1.30. The maximum absolute atomic E-state index is 10.9. The van der Waals surface area contributed by atoms with Gasteiger partial charge in [0.15, 0.2) is 0 Å². The molecule has 1 heterocycles. The molecule has 0 aliphatic rings. The Hall–Kier alpha value is -1.76. The van der Waals surface area contributed by atoms with Crippen LogP contribution in [0.2, 0.25) is 0 Å². The topological polar surface area (TPSA) is 65.9 Å². The Kier molecular flexibility index (Phi) is 2.15. The van der Waals surface area contributed by atoms with Gasteiger partial charge in [0.2, 0.25) is 5.88 Å². The van der Waals surface area contributed by atoms with Gasteiger partial charge in [-0.05, 0) is 12.5 Å². The van der Waals surface area contributed by atoms with Crippen LogP contribution in [0.3, 0.4) is 0 Å². The van der Waals surface area contributed by atoms with E-state index < -0.39 is 0 Å². The van der Waals surface area contributed by atoms with Crippen LogP contribution in [0.15, 0.2) is 10.9 Å². The number of ether oxygens (including phenoxy) is 1. The van der Waals surface area contributed by atoms with Gasteiger partial charge in [0.25, 0.3) is 5.56 Å². The SMILES string of the molecule is COc1[nH]c(=O)cc(C)c1C#N. The zero-order chi connectivity index (χ0) is 9.14. The third-order valence-corrected chi connectivity index (χ3v) is 1.52. The lowest BCUT2D eigenvalue weighted by Crippen LogP contribution is -2.08. The van der Waals surface area contributed by atoms with E-state index in [0.29, 0.717) is 11.1 Å². The Morgan fingerprint density at radius 2 is 2.33 bits per heavy atom. The molecule has 0 amide bonds. The molecule has 1 rings (SSSR count). The maximum atomic E-state index is 10.9. The van der Waals surface area contributed by atoms with Gasteiger partial charge in [-0.2, -0.15) is 5.26 Å². The first-order valence-electron chi connectivity index (χ1n) is 3.37. The van der Waals surface area contributed by atoms with Crippen molar-refractivity contribution >= 4 is 0 Å². The standard InChI is InChI=1S/C8H8N2O2/c1-5-3-7(11)10-8(12-2)6(5)4-9/h3H,1-2H3,(H,10,11). The summed E-state index contributed by atoms with van der Waals surface area (Å²) in [5, 5.41) is 8.67. The molecule has 0 aliphatic heterocycles. The Labute approximate surface area is 69.4 Å². The van der Waals surface area contributed by atoms with E-state index in [1.807, 2.05) is 6.07 Å². The Bertz CT molecular complexity index is 387. The number of hydrogen-bond acceptors (Lipinski definition) is 3. The second-order valence-corrected chi connectivity index (χ2v) is 2.34. The molecule has 0 saturated carbocycles. The van der Waals surface area contributed by atoms with Crippen molar-refractivity contribution < 1.29 is 4.74 Å². The summed E-state index contributed by atoms with van der Waals surface area (Å²) in [4.78, 5) is 13.3. The molecule has 0 bridgehead atoms.